The van der Waals surface area contributed by atoms with Crippen LogP contribution in [0.2, 0.25) is 10.0 Å². The molecule has 0 saturated carbocycles. The fraction of sp³-hybridized carbons (Fsp3) is 0. The number of benzene rings is 1. The minimum atomic E-state index is -0.534. The highest BCUT2D eigenvalue weighted by atomic mass is 35.5. The van der Waals surface area contributed by atoms with Crippen molar-refractivity contribution in [1.29, 1.82) is 0 Å². The molecule has 0 spiro atoms. The van der Waals surface area contributed by atoms with Gasteiger partial charge in [0.1, 0.15) is 18.0 Å². The molecule has 2 rings (SSSR count). The maximum Gasteiger partial charge on any atom is 0.148 e. The van der Waals surface area contributed by atoms with E-state index >= 15 is 0 Å². The molecule has 0 bridgehead atoms. The van der Waals surface area contributed by atoms with Crippen LogP contribution in [-0.2, 0) is 0 Å². The zero-order chi connectivity index (χ0) is 14.7. The Balaban J connectivity index is 2.47. The fourth-order valence-corrected chi connectivity index (χ4v) is 1.93. The fourth-order valence-electron chi connectivity index (χ4n) is 1.62. The molecule has 0 aliphatic heterocycles. The number of anilines is 2. The SMILES string of the molecule is C=Cc1ncnc(Nc2cc(Cl)c(Cl)cc2F)c1C=C. The summed E-state index contributed by atoms with van der Waals surface area (Å²) in [6.45, 7) is 7.34. The number of hydrogen-bond acceptors (Lipinski definition) is 3. The molecule has 1 heterocycles. The first-order chi connectivity index (χ1) is 9.56. The Labute approximate surface area is 125 Å². The highest BCUT2D eigenvalue weighted by molar-refractivity contribution is 6.42. The van der Waals surface area contributed by atoms with Gasteiger partial charge >= 0.3 is 0 Å². The van der Waals surface area contributed by atoms with E-state index in [-0.39, 0.29) is 15.7 Å². The van der Waals surface area contributed by atoms with E-state index in [0.29, 0.717) is 17.1 Å². The molecular formula is C14H10Cl2FN3. The number of halogens is 3. The van der Waals surface area contributed by atoms with Crippen molar-refractivity contribution < 1.29 is 4.39 Å². The summed E-state index contributed by atoms with van der Waals surface area (Å²) >= 11 is 11.6. The maximum atomic E-state index is 13.8. The van der Waals surface area contributed by atoms with E-state index in [0.717, 1.165) is 6.07 Å². The predicted octanol–water partition coefficient (Wildman–Crippen LogP) is 4.95. The van der Waals surface area contributed by atoms with E-state index in [2.05, 4.69) is 28.4 Å². The molecule has 2 aromatic rings. The summed E-state index contributed by atoms with van der Waals surface area (Å²) in [5.74, 6) is -0.129. The zero-order valence-corrected chi connectivity index (χ0v) is 11.8. The molecule has 0 amide bonds. The lowest BCUT2D eigenvalue weighted by atomic mass is 10.2. The number of rotatable bonds is 4. The van der Waals surface area contributed by atoms with Crippen LogP contribution < -0.4 is 5.32 Å². The normalized spacial score (nSPS) is 10.2. The van der Waals surface area contributed by atoms with Crippen LogP contribution in [-0.4, -0.2) is 9.97 Å². The van der Waals surface area contributed by atoms with Crippen molar-refractivity contribution in [2.75, 3.05) is 5.32 Å². The molecule has 0 atom stereocenters. The average molecular weight is 310 g/mol. The third-order valence-corrected chi connectivity index (χ3v) is 3.30. The van der Waals surface area contributed by atoms with Gasteiger partial charge in [-0.2, -0.15) is 0 Å². The summed E-state index contributed by atoms with van der Waals surface area (Å²) in [4.78, 5) is 8.11. The Morgan fingerprint density at radius 3 is 2.45 bits per heavy atom. The summed E-state index contributed by atoms with van der Waals surface area (Å²) < 4.78 is 13.8. The smallest absolute Gasteiger partial charge is 0.148 e. The molecule has 1 aromatic heterocycles. The first kappa shape index (κ1) is 14.5. The van der Waals surface area contributed by atoms with Crippen LogP contribution in [0.4, 0.5) is 15.9 Å². The lowest BCUT2D eigenvalue weighted by molar-refractivity contribution is 0.632. The Morgan fingerprint density at radius 1 is 1.10 bits per heavy atom. The molecule has 1 N–H and O–H groups in total. The number of hydrogen-bond donors (Lipinski definition) is 1. The van der Waals surface area contributed by atoms with Gasteiger partial charge < -0.3 is 5.32 Å². The molecule has 1 aromatic carbocycles. The van der Waals surface area contributed by atoms with E-state index < -0.39 is 5.82 Å². The number of nitrogens with one attached hydrogen (secondary N) is 1. The highest BCUT2D eigenvalue weighted by Crippen LogP contribution is 2.30. The van der Waals surface area contributed by atoms with Crippen LogP contribution in [0.1, 0.15) is 11.3 Å². The van der Waals surface area contributed by atoms with Crippen molar-refractivity contribution >= 4 is 46.9 Å². The summed E-state index contributed by atoms with van der Waals surface area (Å²) in [6, 6.07) is 2.52. The lowest BCUT2D eigenvalue weighted by Gasteiger charge is -2.11. The zero-order valence-electron chi connectivity index (χ0n) is 10.3. The second kappa shape index (κ2) is 6.03. The van der Waals surface area contributed by atoms with Gasteiger partial charge in [0.05, 0.1) is 21.4 Å². The van der Waals surface area contributed by atoms with Gasteiger partial charge in [0.2, 0.25) is 0 Å². The van der Waals surface area contributed by atoms with Crippen molar-refractivity contribution in [2.45, 2.75) is 0 Å². The molecule has 0 radical (unpaired) electrons. The second-order valence-corrected chi connectivity index (χ2v) is 4.62. The minimum absolute atomic E-state index is 0.146. The molecular weight excluding hydrogens is 300 g/mol. The van der Waals surface area contributed by atoms with Crippen LogP contribution in [0.15, 0.2) is 31.6 Å². The Hall–Kier alpha value is -1.91. The van der Waals surface area contributed by atoms with Gasteiger partial charge in [-0.1, -0.05) is 42.4 Å². The Kier molecular flexibility index (Phi) is 4.37. The molecule has 0 fully saturated rings. The van der Waals surface area contributed by atoms with E-state index in [4.69, 9.17) is 23.2 Å². The molecule has 20 heavy (non-hydrogen) atoms. The van der Waals surface area contributed by atoms with Crippen LogP contribution >= 0.6 is 23.2 Å². The number of nitrogens with zero attached hydrogens (tertiary/aromatic N) is 2. The minimum Gasteiger partial charge on any atom is -0.337 e. The van der Waals surface area contributed by atoms with E-state index in [1.54, 1.807) is 12.2 Å². The quantitative estimate of drug-likeness (QED) is 0.812. The topological polar surface area (TPSA) is 37.8 Å². The maximum absolute atomic E-state index is 13.8. The van der Waals surface area contributed by atoms with Crippen molar-refractivity contribution in [3.8, 4) is 0 Å². The van der Waals surface area contributed by atoms with Crippen LogP contribution in [0.5, 0.6) is 0 Å². The van der Waals surface area contributed by atoms with Gasteiger partial charge in [-0.3, -0.25) is 0 Å². The number of aromatic nitrogens is 2. The van der Waals surface area contributed by atoms with Crippen LogP contribution in [0, 0.1) is 5.82 Å². The van der Waals surface area contributed by atoms with Gasteiger partial charge in [0.25, 0.3) is 0 Å². The summed E-state index contributed by atoms with van der Waals surface area (Å²) in [5, 5.41) is 3.24. The van der Waals surface area contributed by atoms with E-state index in [9.17, 15) is 4.39 Å². The van der Waals surface area contributed by atoms with Crippen LogP contribution in [0.3, 0.4) is 0 Å². The first-order valence-corrected chi connectivity index (χ1v) is 6.34. The van der Waals surface area contributed by atoms with Gasteiger partial charge in [-0.15, -0.1) is 0 Å². The molecule has 0 saturated heterocycles. The van der Waals surface area contributed by atoms with Crippen molar-refractivity contribution in [3.05, 3.63) is 58.7 Å². The molecule has 0 unspecified atom stereocenters. The third kappa shape index (κ3) is 2.81. The van der Waals surface area contributed by atoms with Gasteiger partial charge in [-0.25, -0.2) is 14.4 Å². The molecule has 0 aliphatic carbocycles. The molecule has 3 nitrogen and oxygen atoms in total. The molecule has 6 heteroatoms. The average Bonchev–Trinajstić information content (AvgIpc) is 2.44. The van der Waals surface area contributed by atoms with Crippen molar-refractivity contribution in [2.24, 2.45) is 0 Å². The van der Waals surface area contributed by atoms with E-state index in [1.165, 1.54) is 12.4 Å². The lowest BCUT2D eigenvalue weighted by Crippen LogP contribution is -2.01. The Bertz CT molecular complexity index is 686. The molecule has 0 aliphatic rings. The van der Waals surface area contributed by atoms with Gasteiger partial charge in [0, 0.05) is 5.56 Å². The third-order valence-electron chi connectivity index (χ3n) is 2.58. The van der Waals surface area contributed by atoms with Gasteiger partial charge in [-0.05, 0) is 18.2 Å². The van der Waals surface area contributed by atoms with Crippen molar-refractivity contribution in [3.63, 3.8) is 0 Å². The predicted molar refractivity (Wildman–Crippen MR) is 81.9 cm³/mol. The summed E-state index contributed by atoms with van der Waals surface area (Å²) in [5.41, 5.74) is 1.38. The van der Waals surface area contributed by atoms with Gasteiger partial charge in [0.15, 0.2) is 0 Å². The van der Waals surface area contributed by atoms with Crippen molar-refractivity contribution in [1.82, 2.24) is 9.97 Å². The van der Waals surface area contributed by atoms with Crippen LogP contribution in [0.25, 0.3) is 12.2 Å². The summed E-state index contributed by atoms with van der Waals surface area (Å²) in [7, 11) is 0. The monoisotopic (exact) mass is 309 g/mol. The molecule has 102 valence electrons. The summed E-state index contributed by atoms with van der Waals surface area (Å²) in [6.07, 6.45) is 4.48. The largest absolute Gasteiger partial charge is 0.337 e. The first-order valence-electron chi connectivity index (χ1n) is 5.58. The highest BCUT2D eigenvalue weighted by Gasteiger charge is 2.11. The van der Waals surface area contributed by atoms with E-state index in [1.807, 2.05) is 0 Å². The second-order valence-electron chi connectivity index (χ2n) is 3.80. The standard InChI is InChI=1S/C14H10Cl2FN3/c1-3-8-12(4-2)18-7-19-14(8)20-13-6-10(16)9(15)5-11(13)17/h3-7H,1-2H2,(H,18,19,20). The Morgan fingerprint density at radius 2 is 1.80 bits per heavy atom.